The van der Waals surface area contributed by atoms with E-state index in [1.807, 2.05) is 0 Å². The molecule has 1 saturated carbocycles. The predicted molar refractivity (Wildman–Crippen MR) is 81.4 cm³/mol. The van der Waals surface area contributed by atoms with E-state index in [0.29, 0.717) is 23.3 Å². The molecule has 1 saturated heterocycles. The second-order valence-corrected chi connectivity index (χ2v) is 6.51. The van der Waals surface area contributed by atoms with Crippen molar-refractivity contribution in [2.75, 3.05) is 6.54 Å². The van der Waals surface area contributed by atoms with Gasteiger partial charge < -0.3 is 14.4 Å². The van der Waals surface area contributed by atoms with Crippen molar-refractivity contribution >= 4 is 5.91 Å². The summed E-state index contributed by atoms with van der Waals surface area (Å²) in [4.78, 5) is 14.5. The molecule has 0 bridgehead atoms. The van der Waals surface area contributed by atoms with Gasteiger partial charge in [-0.2, -0.15) is 0 Å². The summed E-state index contributed by atoms with van der Waals surface area (Å²) in [5.74, 6) is -1.15. The third kappa shape index (κ3) is 2.60. The highest BCUT2D eigenvalue weighted by Gasteiger charge is 2.39. The van der Waals surface area contributed by atoms with Gasteiger partial charge >= 0.3 is 0 Å². The summed E-state index contributed by atoms with van der Waals surface area (Å²) in [6, 6.07) is 4.76. The number of nitrogens with zero attached hydrogens (tertiary/aromatic N) is 1. The number of hydrogen-bond donors (Lipinski definition) is 1. The number of amides is 1. The van der Waals surface area contributed by atoms with Gasteiger partial charge in [0.15, 0.2) is 11.6 Å². The number of hydrogen-bond acceptors (Lipinski definition) is 3. The number of aliphatic hydroxyl groups excluding tert-OH is 1. The lowest BCUT2D eigenvalue weighted by Gasteiger charge is -2.25. The van der Waals surface area contributed by atoms with E-state index < -0.39 is 23.8 Å². The van der Waals surface area contributed by atoms with E-state index in [2.05, 4.69) is 0 Å². The van der Waals surface area contributed by atoms with Crippen LogP contribution in [0.5, 0.6) is 0 Å². The molecule has 24 heavy (non-hydrogen) atoms. The average Bonchev–Trinajstić information content (AvgIpc) is 3.15. The highest BCUT2D eigenvalue weighted by atomic mass is 19.2. The fourth-order valence-corrected chi connectivity index (χ4v) is 3.39. The number of carbonyl (C=O) groups is 1. The summed E-state index contributed by atoms with van der Waals surface area (Å²) in [5, 5.41) is 10.0. The smallest absolute Gasteiger partial charge is 0.258 e. The Morgan fingerprint density at radius 2 is 2.00 bits per heavy atom. The van der Waals surface area contributed by atoms with Gasteiger partial charge in [-0.15, -0.1) is 0 Å². The van der Waals surface area contributed by atoms with Gasteiger partial charge in [-0.3, -0.25) is 4.79 Å². The zero-order valence-corrected chi connectivity index (χ0v) is 12.9. The number of carbonyl (C=O) groups excluding carboxylic acids is 1. The lowest BCUT2D eigenvalue weighted by atomic mass is 10.0. The van der Waals surface area contributed by atoms with Gasteiger partial charge in [0.1, 0.15) is 5.76 Å². The van der Waals surface area contributed by atoms with Gasteiger partial charge in [0.05, 0.1) is 24.0 Å². The Labute approximate surface area is 137 Å². The van der Waals surface area contributed by atoms with Gasteiger partial charge in [0, 0.05) is 12.5 Å². The first-order valence-electron chi connectivity index (χ1n) is 8.06. The zero-order chi connectivity index (χ0) is 16.8. The van der Waals surface area contributed by atoms with Crippen molar-refractivity contribution in [2.24, 2.45) is 0 Å². The first-order valence-corrected chi connectivity index (χ1v) is 8.06. The van der Waals surface area contributed by atoms with Crippen LogP contribution >= 0.6 is 0 Å². The molecule has 2 heterocycles. The molecule has 1 N–H and O–H groups in total. The Morgan fingerprint density at radius 1 is 1.21 bits per heavy atom. The summed E-state index contributed by atoms with van der Waals surface area (Å²) in [6.07, 6.45) is 3.11. The Kier molecular flexibility index (Phi) is 3.64. The van der Waals surface area contributed by atoms with Gasteiger partial charge in [0.2, 0.25) is 0 Å². The van der Waals surface area contributed by atoms with Gasteiger partial charge in [-0.1, -0.05) is 6.07 Å². The van der Waals surface area contributed by atoms with Crippen LogP contribution in [-0.2, 0) is 0 Å². The summed E-state index contributed by atoms with van der Waals surface area (Å²) in [5.41, 5.74) is 0.981. The van der Waals surface area contributed by atoms with E-state index in [4.69, 9.17) is 4.42 Å². The van der Waals surface area contributed by atoms with Gasteiger partial charge in [-0.25, -0.2) is 8.78 Å². The molecule has 1 aromatic heterocycles. The SMILES string of the molecule is O=C(c1ccoc1C1CC1)N1C[C@H](O)C[C@@H]1c1ccc(F)c(F)c1. The van der Waals surface area contributed by atoms with Crippen molar-refractivity contribution in [3.63, 3.8) is 0 Å². The Hall–Kier alpha value is -2.21. The van der Waals surface area contributed by atoms with Crippen molar-refractivity contribution in [1.82, 2.24) is 4.90 Å². The summed E-state index contributed by atoms with van der Waals surface area (Å²) >= 11 is 0. The first kappa shape index (κ1) is 15.3. The molecule has 1 aliphatic heterocycles. The van der Waals surface area contributed by atoms with Crippen LogP contribution in [0.4, 0.5) is 8.78 Å². The van der Waals surface area contributed by atoms with Crippen molar-refractivity contribution in [3.8, 4) is 0 Å². The molecule has 6 heteroatoms. The minimum absolute atomic E-state index is 0.164. The molecule has 2 atom stereocenters. The molecule has 2 aliphatic rings. The van der Waals surface area contributed by atoms with Crippen LogP contribution in [-0.4, -0.2) is 28.6 Å². The molecule has 126 valence electrons. The van der Waals surface area contributed by atoms with Crippen LogP contribution in [0.2, 0.25) is 0 Å². The van der Waals surface area contributed by atoms with E-state index in [1.165, 1.54) is 17.2 Å². The average molecular weight is 333 g/mol. The second-order valence-electron chi connectivity index (χ2n) is 6.51. The van der Waals surface area contributed by atoms with Crippen LogP contribution in [0.15, 0.2) is 34.9 Å². The number of halogens is 2. The molecule has 1 amide bonds. The normalized spacial score (nSPS) is 23.7. The maximum Gasteiger partial charge on any atom is 0.258 e. The number of aliphatic hydroxyl groups is 1. The molecule has 1 aliphatic carbocycles. The van der Waals surface area contributed by atoms with E-state index in [1.54, 1.807) is 6.07 Å². The number of rotatable bonds is 3. The highest BCUT2D eigenvalue weighted by molar-refractivity contribution is 5.96. The first-order chi connectivity index (χ1) is 11.5. The van der Waals surface area contributed by atoms with Crippen molar-refractivity contribution < 1.29 is 23.1 Å². The van der Waals surface area contributed by atoms with Crippen LogP contribution in [0.3, 0.4) is 0 Å². The van der Waals surface area contributed by atoms with Gasteiger partial charge in [0.25, 0.3) is 5.91 Å². The molecular weight excluding hydrogens is 316 g/mol. The van der Waals surface area contributed by atoms with Crippen molar-refractivity contribution in [2.45, 2.75) is 37.3 Å². The molecular formula is C18H17F2NO3. The number of β-amino-alcohol motifs (C(OH)–C–C–N with tert-alkyl or cyclic N) is 1. The van der Waals surface area contributed by atoms with E-state index in [-0.39, 0.29) is 18.4 Å². The van der Waals surface area contributed by atoms with Crippen molar-refractivity contribution in [1.29, 1.82) is 0 Å². The fourth-order valence-electron chi connectivity index (χ4n) is 3.39. The standard InChI is InChI=1S/C18H17F2NO3/c19-14-4-3-11(7-15(14)20)16-8-12(22)9-21(16)18(23)13-5-6-24-17(13)10-1-2-10/h3-7,10,12,16,22H,1-2,8-9H2/t12-,16-/m1/s1. The van der Waals surface area contributed by atoms with Gasteiger partial charge in [-0.05, 0) is 43.0 Å². The van der Waals surface area contributed by atoms with Crippen molar-refractivity contribution in [3.05, 3.63) is 59.1 Å². The fraction of sp³-hybridized carbons (Fsp3) is 0.389. The van der Waals surface area contributed by atoms with Crippen LogP contribution in [0.1, 0.15) is 52.9 Å². The molecule has 0 spiro atoms. The van der Waals surface area contributed by atoms with E-state index in [0.717, 1.165) is 25.0 Å². The van der Waals surface area contributed by atoms with E-state index in [9.17, 15) is 18.7 Å². The van der Waals surface area contributed by atoms with Crippen LogP contribution in [0.25, 0.3) is 0 Å². The molecule has 4 nitrogen and oxygen atoms in total. The minimum Gasteiger partial charge on any atom is -0.468 e. The summed E-state index contributed by atoms with van der Waals surface area (Å²) in [6.45, 7) is 0.164. The maximum atomic E-state index is 13.6. The third-order valence-corrected chi connectivity index (χ3v) is 4.74. The van der Waals surface area contributed by atoms with Crippen LogP contribution in [0, 0.1) is 11.6 Å². The lowest BCUT2D eigenvalue weighted by molar-refractivity contribution is 0.0713. The van der Waals surface area contributed by atoms with Crippen LogP contribution < -0.4 is 0 Å². The molecule has 2 aromatic rings. The number of likely N-dealkylation sites (tertiary alicyclic amines) is 1. The second kappa shape index (κ2) is 5.70. The largest absolute Gasteiger partial charge is 0.468 e. The lowest BCUT2D eigenvalue weighted by Crippen LogP contribution is -2.32. The Morgan fingerprint density at radius 3 is 2.71 bits per heavy atom. The summed E-state index contributed by atoms with van der Waals surface area (Å²) in [7, 11) is 0. The topological polar surface area (TPSA) is 53.7 Å². The highest BCUT2D eigenvalue weighted by Crippen LogP contribution is 2.43. The zero-order valence-electron chi connectivity index (χ0n) is 12.9. The molecule has 4 rings (SSSR count). The minimum atomic E-state index is -0.955. The molecule has 0 unspecified atom stereocenters. The monoisotopic (exact) mass is 333 g/mol. The number of benzene rings is 1. The molecule has 1 aromatic carbocycles. The Bertz CT molecular complexity index is 784. The Balaban J connectivity index is 1.65. The number of furan rings is 1. The third-order valence-electron chi connectivity index (χ3n) is 4.74. The predicted octanol–water partition coefficient (Wildman–Crippen LogP) is 3.38. The molecule has 0 radical (unpaired) electrons. The molecule has 2 fully saturated rings. The summed E-state index contributed by atoms with van der Waals surface area (Å²) < 4.78 is 32.2. The quantitative estimate of drug-likeness (QED) is 0.937. The maximum absolute atomic E-state index is 13.6. The van der Waals surface area contributed by atoms with E-state index >= 15 is 0 Å².